The number of morpholine rings is 2. The Morgan fingerprint density at radius 3 is 2.68 bits per heavy atom. The number of benzene rings is 1. The Hall–Kier alpha value is -1.67. The van der Waals surface area contributed by atoms with Crippen LogP contribution in [0.3, 0.4) is 0 Å². The monoisotopic (exact) mass is 389 g/mol. The predicted molar refractivity (Wildman–Crippen MR) is 113 cm³/mol. The van der Waals surface area contributed by atoms with Gasteiger partial charge in [-0.25, -0.2) is 0 Å². The molecular formula is C21H35N5O2. The summed E-state index contributed by atoms with van der Waals surface area (Å²) in [5, 5.41) is 6.83. The summed E-state index contributed by atoms with van der Waals surface area (Å²) in [5.74, 6) is 0.848. The van der Waals surface area contributed by atoms with Gasteiger partial charge in [0.2, 0.25) is 0 Å². The fraction of sp³-hybridized carbons (Fsp3) is 0.667. The third kappa shape index (κ3) is 7.05. The molecule has 0 bridgehead atoms. The van der Waals surface area contributed by atoms with Gasteiger partial charge >= 0.3 is 0 Å². The zero-order chi connectivity index (χ0) is 19.6. The van der Waals surface area contributed by atoms with Crippen molar-refractivity contribution in [2.24, 2.45) is 4.99 Å². The Kier molecular flexibility index (Phi) is 8.54. The number of guanidine groups is 1. The predicted octanol–water partition coefficient (Wildman–Crippen LogP) is 0.905. The first-order chi connectivity index (χ1) is 13.7. The van der Waals surface area contributed by atoms with Crippen LogP contribution < -0.4 is 10.6 Å². The molecule has 0 amide bonds. The summed E-state index contributed by atoms with van der Waals surface area (Å²) in [5.41, 5.74) is 2.62. The highest BCUT2D eigenvalue weighted by atomic mass is 16.5. The smallest absolute Gasteiger partial charge is 0.191 e. The van der Waals surface area contributed by atoms with Crippen LogP contribution in [0.2, 0.25) is 0 Å². The van der Waals surface area contributed by atoms with Crippen molar-refractivity contribution in [1.29, 1.82) is 0 Å². The summed E-state index contributed by atoms with van der Waals surface area (Å²) in [6.45, 7) is 12.3. The lowest BCUT2D eigenvalue weighted by atomic mass is 10.1. The van der Waals surface area contributed by atoms with Gasteiger partial charge in [0.25, 0.3) is 0 Å². The third-order valence-electron chi connectivity index (χ3n) is 5.23. The molecule has 0 radical (unpaired) electrons. The summed E-state index contributed by atoms with van der Waals surface area (Å²) >= 11 is 0. The largest absolute Gasteiger partial charge is 0.379 e. The molecule has 0 aromatic heterocycles. The fourth-order valence-electron chi connectivity index (χ4n) is 3.69. The Morgan fingerprint density at radius 2 is 1.89 bits per heavy atom. The lowest BCUT2D eigenvalue weighted by molar-refractivity contribution is -0.0212. The van der Waals surface area contributed by atoms with Gasteiger partial charge in [0.1, 0.15) is 0 Å². The molecule has 1 aromatic carbocycles. The molecule has 2 aliphatic heterocycles. The maximum Gasteiger partial charge on any atom is 0.191 e. The molecule has 28 heavy (non-hydrogen) atoms. The second-order valence-electron chi connectivity index (χ2n) is 7.54. The molecule has 7 nitrogen and oxygen atoms in total. The number of rotatable bonds is 7. The van der Waals surface area contributed by atoms with Crippen molar-refractivity contribution < 1.29 is 9.47 Å². The molecular weight excluding hydrogens is 354 g/mol. The maximum absolute atomic E-state index is 5.64. The molecule has 2 saturated heterocycles. The van der Waals surface area contributed by atoms with Gasteiger partial charge in [-0.2, -0.15) is 0 Å². The third-order valence-corrected chi connectivity index (χ3v) is 5.23. The molecule has 3 rings (SSSR count). The molecule has 2 aliphatic rings. The van der Waals surface area contributed by atoms with E-state index in [0.717, 1.165) is 78.1 Å². The van der Waals surface area contributed by atoms with E-state index in [1.54, 1.807) is 0 Å². The number of hydrogen-bond acceptors (Lipinski definition) is 5. The number of aliphatic imine (C=N–C) groups is 1. The van der Waals surface area contributed by atoms with E-state index in [0.29, 0.717) is 6.10 Å². The summed E-state index contributed by atoms with van der Waals surface area (Å²) in [6, 6.07) is 8.80. The van der Waals surface area contributed by atoms with Gasteiger partial charge < -0.3 is 20.1 Å². The first kappa shape index (κ1) is 21.0. The first-order valence-corrected chi connectivity index (χ1v) is 10.4. The lowest BCUT2D eigenvalue weighted by Gasteiger charge is -2.31. The molecule has 2 N–H and O–H groups in total. The standard InChI is InChI=1S/C21H35N5O2/c1-18-16-26(10-13-28-18)17-20-5-3-4-19(14-20)15-24-21(22-2)23-6-7-25-8-11-27-12-9-25/h3-5,14,18H,6-13,15-17H2,1-2H3,(H2,22,23,24). The summed E-state index contributed by atoms with van der Waals surface area (Å²) in [4.78, 5) is 9.22. The van der Waals surface area contributed by atoms with Crippen LogP contribution in [0.15, 0.2) is 29.3 Å². The van der Waals surface area contributed by atoms with E-state index in [2.05, 4.69) is 56.6 Å². The lowest BCUT2D eigenvalue weighted by Crippen LogP contribution is -2.44. The minimum absolute atomic E-state index is 0.325. The summed E-state index contributed by atoms with van der Waals surface area (Å²) in [7, 11) is 1.82. The van der Waals surface area contributed by atoms with Gasteiger partial charge in [-0.15, -0.1) is 0 Å². The van der Waals surface area contributed by atoms with Gasteiger partial charge in [0.05, 0.1) is 25.9 Å². The Morgan fingerprint density at radius 1 is 1.11 bits per heavy atom. The highest BCUT2D eigenvalue weighted by Crippen LogP contribution is 2.12. The molecule has 2 fully saturated rings. The Labute approximate surface area is 169 Å². The number of nitrogens with one attached hydrogen (secondary N) is 2. The van der Waals surface area contributed by atoms with Crippen LogP contribution in [-0.4, -0.2) is 88.0 Å². The van der Waals surface area contributed by atoms with Gasteiger partial charge in [-0.1, -0.05) is 24.3 Å². The zero-order valence-electron chi connectivity index (χ0n) is 17.3. The van der Waals surface area contributed by atoms with Crippen LogP contribution in [-0.2, 0) is 22.6 Å². The van der Waals surface area contributed by atoms with Crippen molar-refractivity contribution in [2.45, 2.75) is 26.1 Å². The highest BCUT2D eigenvalue weighted by Gasteiger charge is 2.16. The van der Waals surface area contributed by atoms with Crippen molar-refractivity contribution in [2.75, 3.05) is 66.1 Å². The van der Waals surface area contributed by atoms with E-state index in [1.165, 1.54) is 11.1 Å². The zero-order valence-corrected chi connectivity index (χ0v) is 17.3. The molecule has 0 spiro atoms. The molecule has 7 heteroatoms. The number of nitrogens with zero attached hydrogens (tertiary/aromatic N) is 3. The normalized spacial score (nSPS) is 22.2. The average molecular weight is 390 g/mol. The van der Waals surface area contributed by atoms with Crippen LogP contribution in [0.25, 0.3) is 0 Å². The second kappa shape index (κ2) is 11.4. The van der Waals surface area contributed by atoms with Gasteiger partial charge in [-0.3, -0.25) is 14.8 Å². The fourth-order valence-corrected chi connectivity index (χ4v) is 3.69. The molecule has 1 aromatic rings. The quantitative estimate of drug-likeness (QED) is 0.534. The minimum atomic E-state index is 0.325. The van der Waals surface area contributed by atoms with E-state index in [9.17, 15) is 0 Å². The molecule has 0 aliphatic carbocycles. The van der Waals surface area contributed by atoms with E-state index >= 15 is 0 Å². The van der Waals surface area contributed by atoms with Crippen molar-refractivity contribution in [3.63, 3.8) is 0 Å². The van der Waals surface area contributed by atoms with Crippen LogP contribution in [0.1, 0.15) is 18.1 Å². The summed E-state index contributed by atoms with van der Waals surface area (Å²) < 4.78 is 11.0. The van der Waals surface area contributed by atoms with Crippen LogP contribution in [0.5, 0.6) is 0 Å². The first-order valence-electron chi connectivity index (χ1n) is 10.4. The van der Waals surface area contributed by atoms with Crippen LogP contribution in [0, 0.1) is 0 Å². The van der Waals surface area contributed by atoms with Crippen molar-refractivity contribution >= 4 is 5.96 Å². The van der Waals surface area contributed by atoms with Gasteiger partial charge in [-0.05, 0) is 18.1 Å². The Bertz CT molecular complexity index is 619. The number of hydrogen-bond donors (Lipinski definition) is 2. The average Bonchev–Trinajstić information content (AvgIpc) is 2.71. The van der Waals surface area contributed by atoms with E-state index in [-0.39, 0.29) is 0 Å². The van der Waals surface area contributed by atoms with E-state index in [4.69, 9.17) is 9.47 Å². The van der Waals surface area contributed by atoms with Crippen molar-refractivity contribution in [3.8, 4) is 0 Å². The second-order valence-corrected chi connectivity index (χ2v) is 7.54. The van der Waals surface area contributed by atoms with Crippen LogP contribution in [0.4, 0.5) is 0 Å². The summed E-state index contributed by atoms with van der Waals surface area (Å²) in [6.07, 6.45) is 0.325. The Balaban J connectivity index is 1.41. The SMILES string of the molecule is CN=C(NCCN1CCOCC1)NCc1cccc(CN2CCOC(C)C2)c1. The topological polar surface area (TPSA) is 61.4 Å². The van der Waals surface area contributed by atoms with E-state index < -0.39 is 0 Å². The minimum Gasteiger partial charge on any atom is -0.379 e. The molecule has 1 atom stereocenters. The maximum atomic E-state index is 5.64. The van der Waals surface area contributed by atoms with Crippen molar-refractivity contribution in [3.05, 3.63) is 35.4 Å². The van der Waals surface area contributed by atoms with Gasteiger partial charge in [0, 0.05) is 59.4 Å². The van der Waals surface area contributed by atoms with Gasteiger partial charge in [0.15, 0.2) is 5.96 Å². The molecule has 2 heterocycles. The molecule has 1 unspecified atom stereocenters. The van der Waals surface area contributed by atoms with E-state index in [1.807, 2.05) is 7.05 Å². The highest BCUT2D eigenvalue weighted by molar-refractivity contribution is 5.79. The number of ether oxygens (including phenoxy) is 2. The van der Waals surface area contributed by atoms with Crippen LogP contribution >= 0.6 is 0 Å². The molecule has 0 saturated carbocycles. The van der Waals surface area contributed by atoms with Crippen molar-refractivity contribution in [1.82, 2.24) is 20.4 Å². The molecule has 156 valence electrons.